The van der Waals surface area contributed by atoms with Crippen LogP contribution in [-0.2, 0) is 0 Å². The minimum absolute atomic E-state index is 0.182. The van der Waals surface area contributed by atoms with Gasteiger partial charge in [0.25, 0.3) is 0 Å². The molecule has 0 aliphatic heterocycles. The van der Waals surface area contributed by atoms with Gasteiger partial charge in [-0.05, 0) is 25.1 Å². The quantitative estimate of drug-likeness (QED) is 0.800. The summed E-state index contributed by atoms with van der Waals surface area (Å²) < 4.78 is 19.2. The summed E-state index contributed by atoms with van der Waals surface area (Å²) in [6.45, 7) is 1.94. The monoisotopic (exact) mass is 304 g/mol. The van der Waals surface area contributed by atoms with E-state index in [0.717, 1.165) is 27.2 Å². The zero-order chi connectivity index (χ0) is 15.0. The van der Waals surface area contributed by atoms with E-state index in [1.807, 2.05) is 13.0 Å². The fourth-order valence-corrected chi connectivity index (χ4v) is 2.72. The van der Waals surface area contributed by atoms with Gasteiger partial charge in [-0.3, -0.25) is 0 Å². The van der Waals surface area contributed by atoms with E-state index in [4.69, 9.17) is 9.84 Å². The third-order valence-electron chi connectivity index (χ3n) is 2.80. The first-order chi connectivity index (χ1) is 10.0. The van der Waals surface area contributed by atoms with E-state index in [2.05, 4.69) is 9.97 Å². The number of aryl methyl sites for hydroxylation is 1. The minimum Gasteiger partial charge on any atom is -0.478 e. The first-order valence-corrected chi connectivity index (χ1v) is 6.78. The smallest absolute Gasteiger partial charge is 0.338 e. The molecule has 0 spiro atoms. The number of thiophene rings is 1. The van der Waals surface area contributed by atoms with Crippen molar-refractivity contribution in [2.75, 3.05) is 0 Å². The lowest BCUT2D eigenvalue weighted by Crippen LogP contribution is -2.00. The molecule has 0 atom stereocenters. The number of hydrogen-bond acceptors (Lipinski definition) is 5. The Morgan fingerprint density at radius 3 is 2.86 bits per heavy atom. The van der Waals surface area contributed by atoms with Crippen LogP contribution in [0.25, 0.3) is 10.2 Å². The van der Waals surface area contributed by atoms with E-state index in [1.165, 1.54) is 23.7 Å². The van der Waals surface area contributed by atoms with Gasteiger partial charge in [-0.2, -0.15) is 0 Å². The molecule has 2 aromatic heterocycles. The Kier molecular flexibility index (Phi) is 3.26. The van der Waals surface area contributed by atoms with Gasteiger partial charge in [0.1, 0.15) is 22.7 Å². The van der Waals surface area contributed by atoms with Crippen molar-refractivity contribution >= 4 is 27.5 Å². The number of halogens is 1. The molecular weight excluding hydrogens is 295 g/mol. The number of rotatable bonds is 3. The lowest BCUT2D eigenvalue weighted by Gasteiger charge is -2.06. The fourth-order valence-electron chi connectivity index (χ4n) is 1.88. The van der Waals surface area contributed by atoms with E-state index in [0.29, 0.717) is 5.88 Å². The summed E-state index contributed by atoms with van der Waals surface area (Å²) in [6.07, 6.45) is 1.37. The molecule has 1 N–H and O–H groups in total. The predicted octanol–water partition coefficient (Wildman–Crippen LogP) is 3.63. The lowest BCUT2D eigenvalue weighted by molar-refractivity contribution is 0.0692. The average Bonchev–Trinajstić information content (AvgIpc) is 2.80. The molecule has 0 fully saturated rings. The first-order valence-electron chi connectivity index (χ1n) is 5.96. The second-order valence-corrected chi connectivity index (χ2v) is 5.54. The minimum atomic E-state index is -1.32. The van der Waals surface area contributed by atoms with Gasteiger partial charge >= 0.3 is 5.97 Å². The van der Waals surface area contributed by atoms with Crippen molar-refractivity contribution in [2.24, 2.45) is 0 Å². The SMILES string of the molecule is Cc1cc2c(Oc3ccc(C(=O)O)c(F)c3)ncnc2s1. The Morgan fingerprint density at radius 1 is 1.33 bits per heavy atom. The molecule has 5 nitrogen and oxygen atoms in total. The maximum absolute atomic E-state index is 13.6. The van der Waals surface area contributed by atoms with E-state index in [-0.39, 0.29) is 5.75 Å². The largest absolute Gasteiger partial charge is 0.478 e. The number of benzene rings is 1. The van der Waals surface area contributed by atoms with Crippen molar-refractivity contribution in [1.82, 2.24) is 9.97 Å². The van der Waals surface area contributed by atoms with Crippen molar-refractivity contribution in [3.05, 3.63) is 46.9 Å². The summed E-state index contributed by atoms with van der Waals surface area (Å²) >= 11 is 1.50. The summed E-state index contributed by atoms with van der Waals surface area (Å²) in [5.74, 6) is -1.68. The van der Waals surface area contributed by atoms with Crippen LogP contribution >= 0.6 is 11.3 Å². The molecule has 0 saturated carbocycles. The van der Waals surface area contributed by atoms with Crippen LogP contribution < -0.4 is 4.74 Å². The van der Waals surface area contributed by atoms with Gasteiger partial charge in [-0.1, -0.05) is 0 Å². The Labute approximate surface area is 122 Å². The van der Waals surface area contributed by atoms with Crippen LogP contribution in [0.1, 0.15) is 15.2 Å². The number of aromatic carboxylic acids is 1. The highest BCUT2D eigenvalue weighted by molar-refractivity contribution is 7.18. The number of ether oxygens (including phenoxy) is 1. The molecule has 106 valence electrons. The molecule has 0 aliphatic rings. The zero-order valence-electron chi connectivity index (χ0n) is 10.8. The van der Waals surface area contributed by atoms with Gasteiger partial charge in [0.15, 0.2) is 0 Å². The highest BCUT2D eigenvalue weighted by Crippen LogP contribution is 2.32. The summed E-state index contributed by atoms with van der Waals surface area (Å²) in [5.41, 5.74) is -0.401. The van der Waals surface area contributed by atoms with Gasteiger partial charge in [-0.15, -0.1) is 11.3 Å². The lowest BCUT2D eigenvalue weighted by atomic mass is 10.2. The molecule has 0 saturated heterocycles. The van der Waals surface area contributed by atoms with Crippen LogP contribution in [-0.4, -0.2) is 21.0 Å². The molecule has 21 heavy (non-hydrogen) atoms. The van der Waals surface area contributed by atoms with Crippen LogP contribution in [0.2, 0.25) is 0 Å². The van der Waals surface area contributed by atoms with Crippen molar-refractivity contribution in [3.63, 3.8) is 0 Å². The van der Waals surface area contributed by atoms with E-state index in [9.17, 15) is 9.18 Å². The Hall–Kier alpha value is -2.54. The van der Waals surface area contributed by atoms with E-state index in [1.54, 1.807) is 0 Å². The number of fused-ring (bicyclic) bond motifs is 1. The zero-order valence-corrected chi connectivity index (χ0v) is 11.6. The Balaban J connectivity index is 1.99. The number of carbonyl (C=O) groups is 1. The van der Waals surface area contributed by atoms with Gasteiger partial charge < -0.3 is 9.84 Å². The maximum atomic E-state index is 13.6. The van der Waals surface area contributed by atoms with Crippen molar-refractivity contribution < 1.29 is 19.0 Å². The second kappa shape index (κ2) is 5.10. The highest BCUT2D eigenvalue weighted by Gasteiger charge is 2.13. The summed E-state index contributed by atoms with van der Waals surface area (Å²) in [7, 11) is 0. The summed E-state index contributed by atoms with van der Waals surface area (Å²) in [5, 5.41) is 9.53. The number of carboxylic acids is 1. The first kappa shape index (κ1) is 13.4. The van der Waals surface area contributed by atoms with E-state index < -0.39 is 17.3 Å². The van der Waals surface area contributed by atoms with Crippen LogP contribution in [0.5, 0.6) is 11.6 Å². The molecule has 1 aromatic carbocycles. The van der Waals surface area contributed by atoms with Crippen molar-refractivity contribution in [1.29, 1.82) is 0 Å². The maximum Gasteiger partial charge on any atom is 0.338 e. The Morgan fingerprint density at radius 2 is 2.14 bits per heavy atom. The third-order valence-corrected chi connectivity index (χ3v) is 3.76. The standard InChI is InChI=1S/C14H9FN2O3S/c1-7-4-10-12(16-6-17-13(10)21-7)20-8-2-3-9(14(18)19)11(15)5-8/h2-6H,1H3,(H,18,19). The average molecular weight is 304 g/mol. The molecule has 0 radical (unpaired) electrons. The van der Waals surface area contributed by atoms with Crippen molar-refractivity contribution in [2.45, 2.75) is 6.92 Å². The third kappa shape index (κ3) is 2.55. The summed E-state index contributed by atoms with van der Waals surface area (Å²) in [6, 6.07) is 5.46. The van der Waals surface area contributed by atoms with Gasteiger partial charge in [-0.25, -0.2) is 19.2 Å². The number of aromatic nitrogens is 2. The number of nitrogens with zero attached hydrogens (tertiary/aromatic N) is 2. The van der Waals surface area contributed by atoms with E-state index >= 15 is 0 Å². The van der Waals surface area contributed by atoms with Gasteiger partial charge in [0, 0.05) is 10.9 Å². The number of carboxylic acid groups (broad SMARTS) is 1. The molecule has 0 amide bonds. The summed E-state index contributed by atoms with van der Waals surface area (Å²) in [4.78, 5) is 20.8. The predicted molar refractivity (Wildman–Crippen MR) is 75.6 cm³/mol. The topological polar surface area (TPSA) is 72.3 Å². The number of hydrogen-bond donors (Lipinski definition) is 1. The highest BCUT2D eigenvalue weighted by atomic mass is 32.1. The molecule has 3 aromatic rings. The molecule has 2 heterocycles. The molecular formula is C14H9FN2O3S. The van der Waals surface area contributed by atoms with Crippen molar-refractivity contribution in [3.8, 4) is 11.6 Å². The normalized spacial score (nSPS) is 10.8. The van der Waals surface area contributed by atoms with Crippen LogP contribution in [0.3, 0.4) is 0 Å². The molecule has 0 unspecified atom stereocenters. The second-order valence-electron chi connectivity index (χ2n) is 4.30. The molecule has 0 aliphatic carbocycles. The Bertz CT molecular complexity index is 847. The van der Waals surface area contributed by atoms with Crippen LogP contribution in [0.15, 0.2) is 30.6 Å². The van der Waals surface area contributed by atoms with Gasteiger partial charge in [0.05, 0.1) is 10.9 Å². The van der Waals surface area contributed by atoms with Crippen LogP contribution in [0, 0.1) is 12.7 Å². The van der Waals surface area contributed by atoms with Gasteiger partial charge in [0.2, 0.25) is 5.88 Å². The fraction of sp³-hybridized carbons (Fsp3) is 0.0714. The molecule has 0 bridgehead atoms. The van der Waals surface area contributed by atoms with Crippen LogP contribution in [0.4, 0.5) is 4.39 Å². The molecule has 3 rings (SSSR count). The molecule has 7 heteroatoms.